The maximum atomic E-state index is 14.1. The fourth-order valence-electron chi connectivity index (χ4n) is 5.88. The van der Waals surface area contributed by atoms with E-state index in [-0.39, 0.29) is 17.8 Å². The van der Waals surface area contributed by atoms with Gasteiger partial charge in [-0.15, -0.1) is 0 Å². The lowest BCUT2D eigenvalue weighted by Crippen LogP contribution is -2.36. The van der Waals surface area contributed by atoms with Crippen LogP contribution in [0.2, 0.25) is 0 Å². The second-order valence-electron chi connectivity index (χ2n) is 11.1. The van der Waals surface area contributed by atoms with Gasteiger partial charge in [-0.05, 0) is 61.9 Å². The third-order valence-electron chi connectivity index (χ3n) is 8.28. The van der Waals surface area contributed by atoms with E-state index >= 15 is 0 Å². The Balaban J connectivity index is 1.56. The zero-order valence-electron chi connectivity index (χ0n) is 25.4. The van der Waals surface area contributed by atoms with Gasteiger partial charge in [-0.1, -0.05) is 61.5 Å². The number of carbonyl (C=O) groups excluding carboxylic acids is 2. The zero-order valence-corrected chi connectivity index (χ0v) is 25.4. The van der Waals surface area contributed by atoms with E-state index in [1.165, 1.54) is 0 Å². The molecule has 3 aromatic carbocycles. The number of ether oxygens (including phenoxy) is 4. The van der Waals surface area contributed by atoms with Crippen LogP contribution < -0.4 is 19.5 Å². The molecule has 0 radical (unpaired) electrons. The van der Waals surface area contributed by atoms with Gasteiger partial charge in [0.15, 0.2) is 17.3 Å². The number of rotatable bonds is 10. The summed E-state index contributed by atoms with van der Waals surface area (Å²) in [5, 5.41) is 3.44. The first-order valence-electron chi connectivity index (χ1n) is 14.8. The van der Waals surface area contributed by atoms with Crippen molar-refractivity contribution in [3.8, 4) is 17.2 Å². The minimum atomic E-state index is -0.626. The highest BCUT2D eigenvalue weighted by molar-refractivity contribution is 6.04. The van der Waals surface area contributed by atoms with Crippen molar-refractivity contribution >= 4 is 11.8 Å². The molecule has 0 saturated heterocycles. The van der Waals surface area contributed by atoms with Crippen molar-refractivity contribution in [2.45, 2.75) is 64.6 Å². The van der Waals surface area contributed by atoms with E-state index in [1.807, 2.05) is 93.6 Å². The van der Waals surface area contributed by atoms with E-state index in [0.717, 1.165) is 22.4 Å². The molecule has 3 atom stereocenters. The molecule has 0 saturated carbocycles. The highest BCUT2D eigenvalue weighted by Crippen LogP contribution is 2.48. The fourth-order valence-corrected chi connectivity index (χ4v) is 5.88. The first-order chi connectivity index (χ1) is 20.8. The Bertz CT molecular complexity index is 1560. The van der Waals surface area contributed by atoms with E-state index in [1.54, 1.807) is 14.2 Å². The van der Waals surface area contributed by atoms with Crippen LogP contribution in [0.5, 0.6) is 17.2 Å². The van der Waals surface area contributed by atoms with Gasteiger partial charge in [0, 0.05) is 29.0 Å². The summed E-state index contributed by atoms with van der Waals surface area (Å²) in [6.07, 6.45) is 1.33. The Morgan fingerprint density at radius 2 is 1.65 bits per heavy atom. The predicted octanol–water partition coefficient (Wildman–Crippen LogP) is 6.99. The first-order valence-corrected chi connectivity index (χ1v) is 14.8. The minimum absolute atomic E-state index is 0.0160. The summed E-state index contributed by atoms with van der Waals surface area (Å²) in [4.78, 5) is 27.9. The molecule has 1 aliphatic carbocycles. The third kappa shape index (κ3) is 6.31. The van der Waals surface area contributed by atoms with Gasteiger partial charge in [-0.2, -0.15) is 0 Å². The molecule has 0 spiro atoms. The SMILES string of the molecule is CC[C@H](C)OC(=O)C1=C(C)NC2=C(C(=O)C[C@H](c3ccc(OC)c(OC)c3)C2)[C@@H]1c1ccccc1OCc1ccccc1. The van der Waals surface area contributed by atoms with Gasteiger partial charge < -0.3 is 24.3 Å². The quantitative estimate of drug-likeness (QED) is 0.259. The highest BCUT2D eigenvalue weighted by Gasteiger charge is 2.42. The Labute approximate surface area is 253 Å². The standard InChI is InChI=1S/C36H39NO6/c1-6-22(2)43-36(39)33-23(3)37-28-18-26(25-16-17-31(40-4)32(20-25)41-5)19-29(38)35(28)34(33)27-14-10-11-15-30(27)42-21-24-12-8-7-9-13-24/h7-17,20,22,26,34,37H,6,18-19,21H2,1-5H3/t22-,26+,34+/m0/s1. The van der Waals surface area contributed by atoms with Crippen molar-refractivity contribution in [2.75, 3.05) is 14.2 Å². The Hall–Kier alpha value is -4.52. The topological polar surface area (TPSA) is 83.1 Å². The van der Waals surface area contributed by atoms with Crippen LogP contribution in [-0.4, -0.2) is 32.1 Å². The molecule has 1 aliphatic heterocycles. The van der Waals surface area contributed by atoms with Crippen LogP contribution in [0.15, 0.2) is 95.3 Å². The molecule has 0 aromatic heterocycles. The second-order valence-corrected chi connectivity index (χ2v) is 11.1. The molecule has 5 rings (SSSR count). The molecular weight excluding hydrogens is 542 g/mol. The van der Waals surface area contributed by atoms with Crippen molar-refractivity contribution in [1.82, 2.24) is 5.32 Å². The number of dihydropyridines is 1. The van der Waals surface area contributed by atoms with Crippen molar-refractivity contribution in [3.05, 3.63) is 112 Å². The van der Waals surface area contributed by atoms with Gasteiger partial charge in [-0.3, -0.25) is 4.79 Å². The molecule has 43 heavy (non-hydrogen) atoms. The summed E-state index contributed by atoms with van der Waals surface area (Å²) < 4.78 is 23.1. The van der Waals surface area contributed by atoms with Gasteiger partial charge in [0.25, 0.3) is 0 Å². The smallest absolute Gasteiger partial charge is 0.337 e. The average molecular weight is 582 g/mol. The number of para-hydroxylation sites is 1. The van der Waals surface area contributed by atoms with Crippen LogP contribution in [0.4, 0.5) is 0 Å². The summed E-state index contributed by atoms with van der Waals surface area (Å²) in [6.45, 7) is 6.09. The van der Waals surface area contributed by atoms with Crippen molar-refractivity contribution < 1.29 is 28.5 Å². The lowest BCUT2D eigenvalue weighted by atomic mass is 9.71. The average Bonchev–Trinajstić information content (AvgIpc) is 3.03. The molecule has 3 aromatic rings. The molecular formula is C36H39NO6. The molecule has 0 fully saturated rings. The van der Waals surface area contributed by atoms with Crippen LogP contribution in [0.3, 0.4) is 0 Å². The van der Waals surface area contributed by atoms with Crippen LogP contribution >= 0.6 is 0 Å². The number of carbonyl (C=O) groups is 2. The maximum Gasteiger partial charge on any atom is 0.337 e. The number of nitrogens with one attached hydrogen (secondary N) is 1. The second kappa shape index (κ2) is 13.2. The zero-order chi connectivity index (χ0) is 30.5. The molecule has 224 valence electrons. The monoisotopic (exact) mass is 581 g/mol. The molecule has 7 heteroatoms. The largest absolute Gasteiger partial charge is 0.493 e. The summed E-state index contributed by atoms with van der Waals surface area (Å²) in [5.74, 6) is 0.753. The van der Waals surface area contributed by atoms with Crippen LogP contribution in [0.1, 0.15) is 68.6 Å². The number of benzene rings is 3. The number of hydrogen-bond acceptors (Lipinski definition) is 7. The highest BCUT2D eigenvalue weighted by atomic mass is 16.5. The van der Waals surface area contributed by atoms with Crippen LogP contribution in [0, 0.1) is 0 Å². The van der Waals surface area contributed by atoms with Crippen molar-refractivity contribution in [3.63, 3.8) is 0 Å². The number of esters is 1. The molecule has 0 bridgehead atoms. The minimum Gasteiger partial charge on any atom is -0.493 e. The normalized spacial score (nSPS) is 18.9. The predicted molar refractivity (Wildman–Crippen MR) is 165 cm³/mol. The molecule has 1 N–H and O–H groups in total. The summed E-state index contributed by atoms with van der Waals surface area (Å²) >= 11 is 0. The van der Waals surface area contributed by atoms with Crippen molar-refractivity contribution in [1.29, 1.82) is 0 Å². The van der Waals surface area contributed by atoms with E-state index in [2.05, 4.69) is 5.32 Å². The number of allylic oxidation sites excluding steroid dienone is 3. The van der Waals surface area contributed by atoms with E-state index in [4.69, 9.17) is 18.9 Å². The van der Waals surface area contributed by atoms with Gasteiger partial charge in [0.2, 0.25) is 0 Å². The molecule has 0 amide bonds. The van der Waals surface area contributed by atoms with Gasteiger partial charge in [0.05, 0.1) is 31.8 Å². The van der Waals surface area contributed by atoms with E-state index in [9.17, 15) is 9.59 Å². The fraction of sp³-hybridized carbons (Fsp3) is 0.333. The van der Waals surface area contributed by atoms with Gasteiger partial charge >= 0.3 is 5.97 Å². The first kappa shape index (κ1) is 30.0. The lowest BCUT2D eigenvalue weighted by molar-refractivity contribution is -0.144. The summed E-state index contributed by atoms with van der Waals surface area (Å²) in [5.41, 5.74) is 5.30. The lowest BCUT2D eigenvalue weighted by Gasteiger charge is -2.37. The number of Topliss-reactive ketones (excluding diaryl/α,β-unsaturated/α-hetero) is 1. The summed E-state index contributed by atoms with van der Waals surface area (Å²) in [7, 11) is 3.21. The Morgan fingerprint density at radius 3 is 2.37 bits per heavy atom. The summed E-state index contributed by atoms with van der Waals surface area (Å²) in [6, 6.07) is 23.4. The van der Waals surface area contributed by atoms with E-state index in [0.29, 0.717) is 60.0 Å². The molecule has 2 aliphatic rings. The molecule has 7 nitrogen and oxygen atoms in total. The van der Waals surface area contributed by atoms with Crippen molar-refractivity contribution in [2.24, 2.45) is 0 Å². The maximum absolute atomic E-state index is 14.1. The number of methoxy groups -OCH3 is 2. The van der Waals surface area contributed by atoms with Crippen LogP contribution in [0.25, 0.3) is 0 Å². The number of hydrogen-bond donors (Lipinski definition) is 1. The molecule has 0 unspecified atom stereocenters. The third-order valence-corrected chi connectivity index (χ3v) is 8.28. The Morgan fingerprint density at radius 1 is 0.930 bits per heavy atom. The van der Waals surface area contributed by atoms with Crippen LogP contribution in [-0.2, 0) is 20.9 Å². The number of ketones is 1. The van der Waals surface area contributed by atoms with Gasteiger partial charge in [0.1, 0.15) is 12.4 Å². The van der Waals surface area contributed by atoms with Gasteiger partial charge in [-0.25, -0.2) is 4.79 Å². The Kier molecular flexibility index (Phi) is 9.19. The molecule has 1 heterocycles. The van der Waals surface area contributed by atoms with E-state index < -0.39 is 11.9 Å².